The van der Waals surface area contributed by atoms with E-state index in [0.717, 1.165) is 38.2 Å². The number of hydrogen-bond donors (Lipinski definition) is 0. The van der Waals surface area contributed by atoms with Crippen molar-refractivity contribution in [2.75, 3.05) is 13.2 Å². The summed E-state index contributed by atoms with van der Waals surface area (Å²) in [5, 5.41) is 1.57. The third-order valence-electron chi connectivity index (χ3n) is 7.40. The van der Waals surface area contributed by atoms with Crippen LogP contribution in [-0.4, -0.2) is 27.4 Å². The highest BCUT2D eigenvalue weighted by Gasteiger charge is 2.32. The highest BCUT2D eigenvalue weighted by Crippen LogP contribution is 2.42. The van der Waals surface area contributed by atoms with Gasteiger partial charge in [0.05, 0.1) is 20.8 Å². The van der Waals surface area contributed by atoms with Crippen LogP contribution in [0.15, 0.2) is 66.0 Å². The molecule has 0 heterocycles. The fourth-order valence-corrected chi connectivity index (χ4v) is 7.64. The van der Waals surface area contributed by atoms with Gasteiger partial charge in [-0.15, -0.1) is 0 Å². The Morgan fingerprint density at radius 1 is 0.970 bits per heavy atom. The van der Waals surface area contributed by atoms with Gasteiger partial charge in [-0.1, -0.05) is 91.8 Å². The summed E-state index contributed by atoms with van der Waals surface area (Å²) in [7, 11) is -1.43. The van der Waals surface area contributed by atoms with Crippen LogP contribution < -0.4 is 5.19 Å². The molecule has 180 valence electrons. The second-order valence-electron chi connectivity index (χ2n) is 11.0. The lowest BCUT2D eigenvalue weighted by atomic mass is 9.69. The molecule has 0 saturated carbocycles. The first-order chi connectivity index (χ1) is 15.6. The summed E-state index contributed by atoms with van der Waals surface area (Å²) in [5.74, 6) is 1.53. The molecule has 0 aromatic heterocycles. The summed E-state index contributed by atoms with van der Waals surface area (Å²) in [6, 6.07) is 8.31. The lowest BCUT2D eigenvalue weighted by molar-refractivity contribution is 0.0968. The van der Waals surface area contributed by atoms with Gasteiger partial charge in [-0.05, 0) is 69.1 Å². The average Bonchev–Trinajstić information content (AvgIpc) is 2.77. The number of benzene rings is 1. The number of ether oxygens (including phenoxy) is 2. The van der Waals surface area contributed by atoms with Gasteiger partial charge >= 0.3 is 0 Å². The molecule has 1 aromatic rings. The van der Waals surface area contributed by atoms with E-state index in [1.54, 1.807) is 5.19 Å². The molecule has 3 heteroatoms. The van der Waals surface area contributed by atoms with Crippen molar-refractivity contribution in [2.24, 2.45) is 11.3 Å². The van der Waals surface area contributed by atoms with E-state index >= 15 is 0 Å². The first-order valence-electron chi connectivity index (χ1n) is 12.7. The van der Waals surface area contributed by atoms with Crippen LogP contribution in [0, 0.1) is 25.2 Å². The lowest BCUT2D eigenvalue weighted by Crippen LogP contribution is -2.41. The normalized spacial score (nSPS) is 21.1. The van der Waals surface area contributed by atoms with E-state index in [0.29, 0.717) is 5.92 Å². The molecule has 33 heavy (non-hydrogen) atoms. The van der Waals surface area contributed by atoms with Gasteiger partial charge in [0.25, 0.3) is 0 Å². The van der Waals surface area contributed by atoms with Gasteiger partial charge in [-0.3, -0.25) is 0 Å². The Hall–Kier alpha value is -1.84. The van der Waals surface area contributed by atoms with Gasteiger partial charge in [-0.25, -0.2) is 0 Å². The fraction of sp³-hybridized carbons (Fsp3) is 0.533. The van der Waals surface area contributed by atoms with Crippen LogP contribution in [-0.2, 0) is 9.47 Å². The van der Waals surface area contributed by atoms with E-state index in [-0.39, 0.29) is 11.5 Å². The van der Waals surface area contributed by atoms with E-state index in [1.165, 1.54) is 22.7 Å². The van der Waals surface area contributed by atoms with Crippen LogP contribution in [0.4, 0.5) is 0 Å². The lowest BCUT2D eigenvalue weighted by Gasteiger charge is -2.36. The Balaban J connectivity index is 1.47. The molecule has 3 rings (SSSR count). The zero-order chi connectivity index (χ0) is 24.1. The number of aryl methyl sites for hydroxylation is 2. The van der Waals surface area contributed by atoms with Crippen molar-refractivity contribution in [3.63, 3.8) is 0 Å². The van der Waals surface area contributed by atoms with E-state index in [9.17, 15) is 0 Å². The van der Waals surface area contributed by atoms with Crippen molar-refractivity contribution in [1.29, 1.82) is 0 Å². The van der Waals surface area contributed by atoms with Crippen molar-refractivity contribution in [3.8, 4) is 0 Å². The summed E-state index contributed by atoms with van der Waals surface area (Å²) in [6.07, 6.45) is 17.1. The molecular formula is C30H44O2Si. The first-order valence-corrected chi connectivity index (χ1v) is 15.9. The molecule has 0 saturated heterocycles. The van der Waals surface area contributed by atoms with Crippen molar-refractivity contribution >= 4 is 13.3 Å². The Kier molecular flexibility index (Phi) is 8.63. The summed E-state index contributed by atoms with van der Waals surface area (Å²) in [5.41, 5.74) is 4.29. The zero-order valence-corrected chi connectivity index (χ0v) is 22.9. The Labute approximate surface area is 203 Å². The largest absolute Gasteiger partial charge is 0.494 e. The minimum absolute atomic E-state index is 0.105. The van der Waals surface area contributed by atoms with Gasteiger partial charge < -0.3 is 9.47 Å². The van der Waals surface area contributed by atoms with E-state index in [1.807, 2.05) is 0 Å². The molecule has 2 aliphatic rings. The molecule has 2 nitrogen and oxygen atoms in total. The van der Waals surface area contributed by atoms with E-state index in [2.05, 4.69) is 102 Å². The molecule has 2 atom stereocenters. The molecule has 2 unspecified atom stereocenters. The van der Waals surface area contributed by atoms with Crippen molar-refractivity contribution in [1.82, 2.24) is 0 Å². The predicted molar refractivity (Wildman–Crippen MR) is 145 cm³/mol. The molecule has 0 radical (unpaired) electrons. The van der Waals surface area contributed by atoms with Gasteiger partial charge in [-0.2, -0.15) is 0 Å². The van der Waals surface area contributed by atoms with Crippen LogP contribution in [0.1, 0.15) is 51.2 Å². The summed E-state index contributed by atoms with van der Waals surface area (Å²) < 4.78 is 11.9. The average molecular weight is 465 g/mol. The summed E-state index contributed by atoms with van der Waals surface area (Å²) in [4.78, 5) is 0. The van der Waals surface area contributed by atoms with Crippen LogP contribution in [0.3, 0.4) is 0 Å². The van der Waals surface area contributed by atoms with Gasteiger partial charge in [0.1, 0.15) is 5.76 Å². The maximum Gasteiger partial charge on any atom is 0.115 e. The highest BCUT2D eigenvalue weighted by atomic mass is 28.3. The van der Waals surface area contributed by atoms with Gasteiger partial charge in [0.2, 0.25) is 0 Å². The molecule has 0 N–H and O–H groups in total. The molecule has 1 aromatic carbocycles. The topological polar surface area (TPSA) is 18.5 Å². The second kappa shape index (κ2) is 11.1. The standard InChI is InChI=1S/C30H44O2Si/c1-8-31-27-14-10-25(11-15-27)30(4,5)26-12-16-28(17-13-26)32-18-9-19-33(6,7)29-21-23(2)20-24(3)22-29/h10-12,14,16-17,20-22,26-27H,8-9,13,15,18-19H2,1-7H3. The van der Waals surface area contributed by atoms with Gasteiger partial charge in [0, 0.05) is 6.61 Å². The summed E-state index contributed by atoms with van der Waals surface area (Å²) in [6.45, 7) is 17.7. The molecule has 0 fully saturated rings. The van der Waals surface area contributed by atoms with E-state index in [4.69, 9.17) is 9.47 Å². The molecule has 0 bridgehead atoms. The Morgan fingerprint density at radius 3 is 2.27 bits per heavy atom. The maximum atomic E-state index is 6.16. The quantitative estimate of drug-likeness (QED) is 0.265. The molecule has 0 spiro atoms. The van der Waals surface area contributed by atoms with Crippen LogP contribution >= 0.6 is 0 Å². The highest BCUT2D eigenvalue weighted by molar-refractivity contribution is 6.89. The van der Waals surface area contributed by atoms with Crippen molar-refractivity contribution < 1.29 is 9.47 Å². The van der Waals surface area contributed by atoms with E-state index < -0.39 is 8.07 Å². The number of allylic oxidation sites excluding steroid dienone is 5. The minimum atomic E-state index is -1.43. The predicted octanol–water partition coefficient (Wildman–Crippen LogP) is 7.40. The number of hydrogen-bond acceptors (Lipinski definition) is 2. The smallest absolute Gasteiger partial charge is 0.115 e. The molecule has 0 amide bonds. The second-order valence-corrected chi connectivity index (χ2v) is 15.8. The summed E-state index contributed by atoms with van der Waals surface area (Å²) >= 11 is 0. The SMILES string of the molecule is CCOC1C=CC(C(C)(C)C2C=CC(OCCC[Si](C)(C)c3cc(C)cc(C)c3)=CC2)=CC1. The van der Waals surface area contributed by atoms with Crippen LogP contribution in [0.25, 0.3) is 0 Å². The van der Waals surface area contributed by atoms with Crippen molar-refractivity contribution in [3.05, 3.63) is 77.1 Å². The Morgan fingerprint density at radius 2 is 1.70 bits per heavy atom. The van der Waals surface area contributed by atoms with Gasteiger partial charge in [0.15, 0.2) is 0 Å². The fourth-order valence-electron chi connectivity index (χ4n) is 5.09. The van der Waals surface area contributed by atoms with Crippen molar-refractivity contribution in [2.45, 2.75) is 79.1 Å². The third kappa shape index (κ3) is 6.83. The molecule has 2 aliphatic carbocycles. The number of rotatable bonds is 10. The zero-order valence-electron chi connectivity index (χ0n) is 21.9. The molecule has 0 aliphatic heterocycles. The third-order valence-corrected chi connectivity index (χ3v) is 10.9. The monoisotopic (exact) mass is 464 g/mol. The molecular weight excluding hydrogens is 420 g/mol. The first kappa shape index (κ1) is 25.8. The maximum absolute atomic E-state index is 6.16. The minimum Gasteiger partial charge on any atom is -0.494 e. The Bertz CT molecular complexity index is 912. The van der Waals surface area contributed by atoms with Crippen LogP contribution in [0.2, 0.25) is 19.1 Å². The van der Waals surface area contributed by atoms with Crippen LogP contribution in [0.5, 0.6) is 0 Å².